The summed E-state index contributed by atoms with van der Waals surface area (Å²) in [7, 11) is 13.5. The molecule has 0 unspecified atom stereocenters. The van der Waals surface area contributed by atoms with E-state index >= 15 is 0 Å². The molecule has 5 amide bonds. The molecule has 0 aliphatic heterocycles. The third-order valence-electron chi connectivity index (χ3n) is 22.2. The number of hydrogen-bond acceptors (Lipinski definition) is 35. The van der Waals surface area contributed by atoms with Crippen LogP contribution in [0.2, 0.25) is 0 Å². The number of amides is 5. The number of pyridine rings is 5. The SMILES string of the molecule is CNc1cc(Nc2cccnc2OC(C)C)nc2c(C(=O)NC3CCC3)cnn12.CNc1cc(Nc2cccnc2OC(C)C)nc2c(C(=O)N[C@H]3C[C@H]3F)cnn12.CNc1cc(Nc2cccnc2OC)nc2c(C(=O)NC3CC3)cnn12.CNc1cc(Nc2cccnc2OC)nc2c(C(=O)NC3CCC3)cnn12.CNc1cc(Nc2cccnc2OC)nc2c(C(=O)N[C@H]3C[C@H]3F)cnn12. The van der Waals surface area contributed by atoms with Crippen LogP contribution in [0.5, 0.6) is 29.4 Å². The number of rotatable bonds is 32. The van der Waals surface area contributed by atoms with Crippen LogP contribution in [0.1, 0.15) is 144 Å². The van der Waals surface area contributed by atoms with Crippen molar-refractivity contribution in [3.63, 3.8) is 0 Å². The van der Waals surface area contributed by atoms with Crippen molar-refractivity contribution in [2.75, 3.05) is 110 Å². The highest BCUT2D eigenvalue weighted by atomic mass is 19.1. The molecule has 0 spiro atoms. The first-order chi connectivity index (χ1) is 67.0. The van der Waals surface area contributed by atoms with E-state index in [-0.39, 0.29) is 59.2 Å². The smallest absolute Gasteiger partial charge is 0.257 e. The van der Waals surface area contributed by atoms with Gasteiger partial charge in [-0.05, 0) is 140 Å². The fourth-order valence-electron chi connectivity index (χ4n) is 14.3. The number of anilines is 15. The van der Waals surface area contributed by atoms with Crippen LogP contribution in [0.3, 0.4) is 0 Å². The minimum Gasteiger partial charge on any atom is -0.480 e. The van der Waals surface area contributed by atoms with Gasteiger partial charge in [-0.1, -0.05) is 0 Å². The van der Waals surface area contributed by atoms with E-state index < -0.39 is 36.2 Å². The van der Waals surface area contributed by atoms with E-state index in [0.717, 1.165) is 51.4 Å². The van der Waals surface area contributed by atoms with Crippen molar-refractivity contribution >= 4 is 144 Å². The highest BCUT2D eigenvalue weighted by Gasteiger charge is 2.41. The van der Waals surface area contributed by atoms with E-state index in [9.17, 15) is 32.8 Å². The van der Waals surface area contributed by atoms with E-state index in [1.165, 1.54) is 34.7 Å². The number of nitrogens with one attached hydrogen (secondary N) is 15. The second-order valence-corrected chi connectivity index (χ2v) is 32.8. The second kappa shape index (κ2) is 42.5. The first-order valence-electron chi connectivity index (χ1n) is 44.7. The van der Waals surface area contributed by atoms with Crippen molar-refractivity contribution in [2.45, 2.75) is 147 Å². The van der Waals surface area contributed by atoms with Crippen LogP contribution in [0.4, 0.5) is 95.4 Å². The monoisotopic (exact) mass is 1890 g/mol. The second-order valence-electron chi connectivity index (χ2n) is 32.8. The molecule has 5 aliphatic rings. The highest BCUT2D eigenvalue weighted by molar-refractivity contribution is 6.03. The van der Waals surface area contributed by atoms with Crippen LogP contribution in [0, 0.1) is 0 Å². The molecule has 15 heterocycles. The van der Waals surface area contributed by atoms with Gasteiger partial charge in [-0.2, -0.15) is 48.1 Å². The third-order valence-corrected chi connectivity index (χ3v) is 22.2. The zero-order chi connectivity index (χ0) is 96.8. The van der Waals surface area contributed by atoms with Crippen molar-refractivity contribution in [2.24, 2.45) is 0 Å². The van der Waals surface area contributed by atoms with Crippen LogP contribution >= 0.6 is 0 Å². The zero-order valence-electron chi connectivity index (χ0n) is 77.5. The maximum absolute atomic E-state index is 13.2. The molecule has 0 radical (unpaired) electrons. The lowest BCUT2D eigenvalue weighted by atomic mass is 9.93. The number of carbonyl (C=O) groups is 5. The molecule has 0 bridgehead atoms. The highest BCUT2D eigenvalue weighted by Crippen LogP contribution is 2.36. The third kappa shape index (κ3) is 22.1. The lowest BCUT2D eigenvalue weighted by molar-refractivity contribution is 0.0910. The molecule has 5 saturated carbocycles. The Morgan fingerprint density at radius 2 is 0.551 bits per heavy atom. The number of ether oxygens (including phenoxy) is 5. The van der Waals surface area contributed by atoms with Gasteiger partial charge in [0, 0.05) is 128 Å². The number of fused-ring (bicyclic) bond motifs is 5. The summed E-state index contributed by atoms with van der Waals surface area (Å²) in [6.07, 6.45) is 22.8. The van der Waals surface area contributed by atoms with Crippen LogP contribution in [-0.4, -0.2) is 239 Å². The van der Waals surface area contributed by atoms with Gasteiger partial charge in [0.15, 0.2) is 28.2 Å². The molecule has 45 nitrogen and oxygen atoms in total. The Bertz CT molecular complexity index is 6610. The molecule has 15 aromatic rings. The summed E-state index contributed by atoms with van der Waals surface area (Å²) in [5, 5.41) is 67.0. The van der Waals surface area contributed by atoms with Gasteiger partial charge in [-0.15, -0.1) is 0 Å². The van der Waals surface area contributed by atoms with Crippen molar-refractivity contribution < 1.29 is 56.4 Å². The van der Waals surface area contributed by atoms with Gasteiger partial charge in [0.05, 0.1) is 76.6 Å². The van der Waals surface area contributed by atoms with Crippen LogP contribution < -0.4 is 103 Å². The number of alkyl halides is 2. The number of aromatic nitrogens is 20. The molecule has 15 aromatic heterocycles. The summed E-state index contributed by atoms with van der Waals surface area (Å²) in [5.41, 5.74) is 7.32. The average Bonchev–Trinajstić information content (AvgIpc) is 1.64. The summed E-state index contributed by atoms with van der Waals surface area (Å²) in [6.45, 7) is 7.73. The molecule has 0 aromatic carbocycles. The molecule has 0 saturated heterocycles. The van der Waals surface area contributed by atoms with Crippen LogP contribution in [0.15, 0.2) is 153 Å². The lowest BCUT2D eigenvalue weighted by Crippen LogP contribution is -2.39. The van der Waals surface area contributed by atoms with Gasteiger partial charge in [0.1, 0.15) is 127 Å². The minimum atomic E-state index is -0.983. The van der Waals surface area contributed by atoms with E-state index in [2.05, 4.69) is 155 Å². The summed E-state index contributed by atoms with van der Waals surface area (Å²) in [5.74, 6) is 6.98. The Morgan fingerprint density at radius 1 is 0.333 bits per heavy atom. The molecule has 718 valence electrons. The van der Waals surface area contributed by atoms with Gasteiger partial charge in [0.2, 0.25) is 29.4 Å². The number of carbonyl (C=O) groups excluding carboxylic acids is 5. The minimum absolute atomic E-state index is 0.00890. The van der Waals surface area contributed by atoms with E-state index in [4.69, 9.17) is 23.7 Å². The van der Waals surface area contributed by atoms with E-state index in [0.29, 0.717) is 174 Å². The maximum atomic E-state index is 13.2. The molecule has 4 atom stereocenters. The molecule has 138 heavy (non-hydrogen) atoms. The topological polar surface area (TPSA) is 527 Å². The number of halogens is 2. The lowest BCUT2D eigenvalue weighted by Gasteiger charge is -2.26. The Morgan fingerprint density at radius 3 is 0.746 bits per heavy atom. The van der Waals surface area contributed by atoms with Crippen LogP contribution in [-0.2, 0) is 0 Å². The van der Waals surface area contributed by atoms with Gasteiger partial charge in [-0.25, -0.2) is 58.6 Å². The van der Waals surface area contributed by atoms with Gasteiger partial charge >= 0.3 is 0 Å². The Labute approximate surface area is 788 Å². The summed E-state index contributed by atoms with van der Waals surface area (Å²) >= 11 is 0. The quantitative estimate of drug-likeness (QED) is 0.0186. The Balaban J connectivity index is 0.000000125. The first kappa shape index (κ1) is 94.3. The zero-order valence-corrected chi connectivity index (χ0v) is 77.5. The molecular weight excluding hydrogens is 1780 g/mol. The van der Waals surface area contributed by atoms with Gasteiger partial charge in [-0.3, -0.25) is 24.0 Å². The Hall–Kier alpha value is -16.9. The molecule has 5 fully saturated rings. The average molecular weight is 1890 g/mol. The fraction of sp³-hybridized carbons (Fsp3) is 0.341. The number of hydrogen-bond donors (Lipinski definition) is 15. The van der Waals surface area contributed by atoms with Crippen LogP contribution in [0.25, 0.3) is 28.2 Å². The molecular formula is C91H105F2N35O10. The van der Waals surface area contributed by atoms with Crippen molar-refractivity contribution in [1.82, 2.24) is 124 Å². The normalized spacial score (nSPS) is 15.5. The summed E-state index contributed by atoms with van der Waals surface area (Å²) in [6, 6.07) is 27.0. The molecule has 15 N–H and O–H groups in total. The van der Waals surface area contributed by atoms with E-state index in [1.54, 1.807) is 161 Å². The van der Waals surface area contributed by atoms with E-state index in [1.807, 2.05) is 64.1 Å². The standard InChI is InChI=1S/C20H25N7O2.C19H22FN7O2.C18H21N7O2.C17H18FN7O2.C17H19N7O2/c1-12(2)29-20-15(8-5-9-22-20)25-16-10-17(21-3)27-18(26-16)14(11-23-27)19(28)24-13-6-4-7-13;1-10(2)29-19-13(5-4-6-22-19)24-15-8-16(21-3)27-17(26-15)11(9-23-27)18(28)25-14-7-12(14)20;1-19-15-9-14(23-13-7-4-8-20-18(13)27-2)24-16-12(10-21-25(15)16)17(26)22-11-5-3-6-11;1-19-14-7-13(22-11-4-3-5-20-17(11)27-2)24-15-9(8-21-25(14)15)16(26)23-12-6-10(12)18;1-18-14-8-13(22-12-4-3-7-19-17(12)26-2)23-15-11(9-20-24(14)15)16(25)21-10-5-6-10/h5,8-13,21H,4,6-7H2,1-3H3,(H,24,28)(H,25,26);4-6,8-10,12,14,21H,7H2,1-3H3,(H,24,26)(H,25,28);4,7-11,19H,3,5-6H2,1-2H3,(H,22,26)(H,23,24);3-5,7-8,10,12,19H,6H2,1-2H3,(H,22,24)(H,23,26);3-4,7-10,18H,5-6H2,1-2H3,(H,21,25)(H,22,23)/t;12-,14+;;10-,12+;/m.1.1./s1. The largest absolute Gasteiger partial charge is 0.480 e. The van der Waals surface area contributed by atoms with Gasteiger partial charge < -0.3 is 103 Å². The van der Waals surface area contributed by atoms with Gasteiger partial charge in [0.25, 0.3) is 29.5 Å². The predicted octanol–water partition coefficient (Wildman–Crippen LogP) is 11.3. The number of methoxy groups -OCH3 is 3. The molecule has 47 heteroatoms. The Kier molecular flexibility index (Phi) is 29.0. The van der Waals surface area contributed by atoms with Crippen molar-refractivity contribution in [1.29, 1.82) is 0 Å². The summed E-state index contributed by atoms with van der Waals surface area (Å²) < 4.78 is 61.4. The fourth-order valence-corrected chi connectivity index (χ4v) is 14.3. The predicted molar refractivity (Wildman–Crippen MR) is 514 cm³/mol. The molecule has 20 rings (SSSR count). The van der Waals surface area contributed by atoms with Crippen molar-refractivity contribution in [3.05, 3.63) is 181 Å². The maximum Gasteiger partial charge on any atom is 0.257 e. The first-order valence-corrected chi connectivity index (χ1v) is 44.7. The van der Waals surface area contributed by atoms with Crippen molar-refractivity contribution in [3.8, 4) is 29.4 Å². The molecule has 5 aliphatic carbocycles. The number of nitrogens with zero attached hydrogens (tertiary/aromatic N) is 20. The summed E-state index contributed by atoms with van der Waals surface area (Å²) in [4.78, 5) is 107.